The van der Waals surface area contributed by atoms with Crippen LogP contribution in [-0.2, 0) is 4.79 Å². The van der Waals surface area contributed by atoms with E-state index in [-0.39, 0.29) is 11.5 Å². The van der Waals surface area contributed by atoms with Gasteiger partial charge in [-0.1, -0.05) is 0 Å². The van der Waals surface area contributed by atoms with Gasteiger partial charge in [-0.05, 0) is 26.0 Å². The van der Waals surface area contributed by atoms with Gasteiger partial charge in [-0.25, -0.2) is 0 Å². The maximum absolute atomic E-state index is 11.4. The SMILES string of the molecule is CC(=O)N1CC[NH+](CCN2C(C)=CC(=C(C#N)C#N)C=C2C)CC1. The van der Waals surface area contributed by atoms with Crippen LogP contribution in [0.2, 0.25) is 0 Å². The Morgan fingerprint density at radius 2 is 1.71 bits per heavy atom. The first-order valence-corrected chi connectivity index (χ1v) is 8.24. The van der Waals surface area contributed by atoms with E-state index < -0.39 is 0 Å². The number of nitrogens with zero attached hydrogens (tertiary/aromatic N) is 4. The van der Waals surface area contributed by atoms with Gasteiger partial charge in [-0.15, -0.1) is 0 Å². The van der Waals surface area contributed by atoms with E-state index in [1.807, 2.05) is 43.0 Å². The van der Waals surface area contributed by atoms with Crippen LogP contribution in [0.4, 0.5) is 0 Å². The Morgan fingerprint density at radius 3 is 2.17 bits per heavy atom. The summed E-state index contributed by atoms with van der Waals surface area (Å²) < 4.78 is 0. The van der Waals surface area contributed by atoms with E-state index in [1.54, 1.807) is 6.92 Å². The molecular formula is C18H24N5O+. The molecule has 0 radical (unpaired) electrons. The fourth-order valence-corrected chi connectivity index (χ4v) is 3.23. The van der Waals surface area contributed by atoms with E-state index in [4.69, 9.17) is 10.5 Å². The van der Waals surface area contributed by atoms with E-state index in [2.05, 4.69) is 4.90 Å². The van der Waals surface area contributed by atoms with Crippen molar-refractivity contribution in [2.24, 2.45) is 0 Å². The number of hydrogen-bond acceptors (Lipinski definition) is 4. The van der Waals surface area contributed by atoms with Gasteiger partial charge in [0.15, 0.2) is 0 Å². The van der Waals surface area contributed by atoms with Crippen molar-refractivity contribution < 1.29 is 9.69 Å². The van der Waals surface area contributed by atoms with E-state index in [1.165, 1.54) is 4.90 Å². The second kappa shape index (κ2) is 7.81. The molecule has 1 fully saturated rings. The zero-order valence-electron chi connectivity index (χ0n) is 14.6. The van der Waals surface area contributed by atoms with E-state index in [0.717, 1.165) is 50.7 Å². The van der Waals surface area contributed by atoms with Crippen molar-refractivity contribution in [3.63, 3.8) is 0 Å². The Hall–Kier alpha value is -2.57. The standard InChI is InChI=1S/C18H23N5O/c1-14-10-17(18(12-19)13-20)11-15(2)23(14)9-6-21-4-7-22(8-5-21)16(3)24/h10-11H,4-9H2,1-3H3/p+1. The van der Waals surface area contributed by atoms with Crippen LogP contribution in [-0.4, -0.2) is 55.0 Å². The number of rotatable bonds is 3. The summed E-state index contributed by atoms with van der Waals surface area (Å²) in [5.74, 6) is 0.160. The number of quaternary nitrogens is 1. The van der Waals surface area contributed by atoms with Crippen molar-refractivity contribution in [3.8, 4) is 12.1 Å². The highest BCUT2D eigenvalue weighted by molar-refractivity contribution is 5.73. The predicted molar refractivity (Wildman–Crippen MR) is 90.3 cm³/mol. The third kappa shape index (κ3) is 4.04. The van der Waals surface area contributed by atoms with Crippen LogP contribution in [0.5, 0.6) is 0 Å². The monoisotopic (exact) mass is 326 g/mol. The van der Waals surface area contributed by atoms with E-state index >= 15 is 0 Å². The first-order valence-electron chi connectivity index (χ1n) is 8.24. The number of nitriles is 2. The number of carbonyl (C=O) groups is 1. The lowest BCUT2D eigenvalue weighted by Gasteiger charge is -2.34. The number of hydrogen-bond donors (Lipinski definition) is 1. The first-order chi connectivity index (χ1) is 11.5. The molecule has 2 aliphatic heterocycles. The van der Waals surface area contributed by atoms with Crippen molar-refractivity contribution >= 4 is 5.91 Å². The maximum atomic E-state index is 11.4. The molecule has 24 heavy (non-hydrogen) atoms. The van der Waals surface area contributed by atoms with Gasteiger partial charge in [0.25, 0.3) is 0 Å². The lowest BCUT2D eigenvalue weighted by Crippen LogP contribution is -3.15. The third-order valence-corrected chi connectivity index (χ3v) is 4.70. The smallest absolute Gasteiger partial charge is 0.219 e. The summed E-state index contributed by atoms with van der Waals surface area (Å²) in [6, 6.07) is 3.90. The van der Waals surface area contributed by atoms with Crippen LogP contribution in [0.25, 0.3) is 0 Å². The molecule has 2 heterocycles. The summed E-state index contributed by atoms with van der Waals surface area (Å²) in [6.07, 6.45) is 3.80. The molecule has 0 aliphatic carbocycles. The van der Waals surface area contributed by atoms with Crippen LogP contribution in [0.3, 0.4) is 0 Å². The van der Waals surface area contributed by atoms with Gasteiger partial charge in [-0.2, -0.15) is 10.5 Å². The molecular weight excluding hydrogens is 302 g/mol. The normalized spacial score (nSPS) is 18.5. The minimum absolute atomic E-state index is 0.152. The highest BCUT2D eigenvalue weighted by Crippen LogP contribution is 2.23. The van der Waals surface area contributed by atoms with E-state index in [9.17, 15) is 4.79 Å². The molecule has 0 unspecified atom stereocenters. The Labute approximate surface area is 143 Å². The van der Waals surface area contributed by atoms with Crippen LogP contribution in [0.15, 0.2) is 34.7 Å². The maximum Gasteiger partial charge on any atom is 0.219 e. The van der Waals surface area contributed by atoms with Gasteiger partial charge in [0.05, 0.1) is 39.3 Å². The van der Waals surface area contributed by atoms with Gasteiger partial charge in [0.2, 0.25) is 5.91 Å². The first kappa shape index (κ1) is 17.8. The zero-order valence-corrected chi connectivity index (χ0v) is 14.6. The summed E-state index contributed by atoms with van der Waals surface area (Å²) in [6.45, 7) is 11.2. The van der Waals surface area contributed by atoms with Gasteiger partial charge < -0.3 is 14.7 Å². The van der Waals surface area contributed by atoms with Crippen LogP contribution < -0.4 is 4.90 Å². The summed E-state index contributed by atoms with van der Waals surface area (Å²) in [4.78, 5) is 17.0. The number of carbonyl (C=O) groups excluding carboxylic acids is 1. The van der Waals surface area contributed by atoms with Gasteiger partial charge in [-0.3, -0.25) is 4.79 Å². The molecule has 0 bridgehead atoms. The Kier molecular flexibility index (Phi) is 5.78. The molecule has 2 rings (SSSR count). The molecule has 1 N–H and O–H groups in total. The van der Waals surface area contributed by atoms with Crippen LogP contribution >= 0.6 is 0 Å². The highest BCUT2D eigenvalue weighted by Gasteiger charge is 2.23. The van der Waals surface area contributed by atoms with Gasteiger partial charge >= 0.3 is 0 Å². The average molecular weight is 326 g/mol. The van der Waals surface area contributed by atoms with Crippen LogP contribution in [0.1, 0.15) is 20.8 Å². The molecule has 0 aromatic rings. The van der Waals surface area contributed by atoms with E-state index in [0.29, 0.717) is 5.57 Å². The average Bonchev–Trinajstić information content (AvgIpc) is 2.55. The summed E-state index contributed by atoms with van der Waals surface area (Å²) in [5.41, 5.74) is 2.94. The predicted octanol–water partition coefficient (Wildman–Crippen LogP) is 0.200. The lowest BCUT2D eigenvalue weighted by molar-refractivity contribution is -0.903. The molecule has 2 aliphatic rings. The Bertz CT molecular complexity index is 643. The zero-order chi connectivity index (χ0) is 17.7. The minimum atomic E-state index is 0.152. The largest absolute Gasteiger partial charge is 0.344 e. The van der Waals surface area contributed by atoms with Crippen molar-refractivity contribution in [3.05, 3.63) is 34.7 Å². The molecule has 0 atom stereocenters. The van der Waals surface area contributed by atoms with Crippen molar-refractivity contribution in [2.75, 3.05) is 39.3 Å². The topological polar surface area (TPSA) is 75.6 Å². The van der Waals surface area contributed by atoms with Gasteiger partial charge in [0, 0.05) is 23.9 Å². The fourth-order valence-electron chi connectivity index (χ4n) is 3.23. The molecule has 0 aromatic carbocycles. The van der Waals surface area contributed by atoms with Gasteiger partial charge in [0.1, 0.15) is 17.7 Å². The Morgan fingerprint density at radius 1 is 1.17 bits per heavy atom. The second-order valence-electron chi connectivity index (χ2n) is 6.28. The molecule has 6 nitrogen and oxygen atoms in total. The minimum Gasteiger partial charge on any atom is -0.344 e. The van der Waals surface area contributed by atoms with Crippen molar-refractivity contribution in [1.82, 2.24) is 9.80 Å². The Balaban J connectivity index is 1.96. The molecule has 0 spiro atoms. The van der Waals surface area contributed by atoms with Crippen molar-refractivity contribution in [1.29, 1.82) is 10.5 Å². The van der Waals surface area contributed by atoms with Crippen LogP contribution in [0, 0.1) is 22.7 Å². The number of amides is 1. The number of piperazine rings is 1. The lowest BCUT2D eigenvalue weighted by atomic mass is 10.0. The quantitative estimate of drug-likeness (QED) is 0.752. The summed E-state index contributed by atoms with van der Waals surface area (Å²) in [5, 5.41) is 18.0. The number of allylic oxidation sites excluding steroid dienone is 6. The van der Waals surface area contributed by atoms with Crippen molar-refractivity contribution in [2.45, 2.75) is 20.8 Å². The summed E-state index contributed by atoms with van der Waals surface area (Å²) in [7, 11) is 0. The number of nitrogens with one attached hydrogen (secondary N) is 1. The second-order valence-corrected chi connectivity index (χ2v) is 6.28. The molecule has 1 amide bonds. The molecule has 1 saturated heterocycles. The molecule has 126 valence electrons. The fraction of sp³-hybridized carbons (Fsp3) is 0.500. The molecule has 6 heteroatoms. The summed E-state index contributed by atoms with van der Waals surface area (Å²) >= 11 is 0. The molecule has 0 aromatic heterocycles. The highest BCUT2D eigenvalue weighted by atomic mass is 16.2. The molecule has 0 saturated carbocycles. The third-order valence-electron chi connectivity index (χ3n) is 4.70.